The molecular weight excluding hydrogens is 414 g/mol. The Morgan fingerprint density at radius 2 is 1.65 bits per heavy atom. The maximum atomic E-state index is 13.1. The number of hydrogen-bond acceptors (Lipinski definition) is 4. The fourth-order valence-corrected chi connectivity index (χ4v) is 3.35. The molecule has 1 saturated carbocycles. The number of benzene rings is 2. The highest BCUT2D eigenvalue weighted by atomic mass is 19.4. The molecule has 31 heavy (non-hydrogen) atoms. The molecule has 0 bridgehead atoms. The van der Waals surface area contributed by atoms with Gasteiger partial charge < -0.3 is 15.8 Å². The molecule has 1 heterocycles. The lowest BCUT2D eigenvalue weighted by Gasteiger charge is -2.19. The van der Waals surface area contributed by atoms with Gasteiger partial charge in [-0.15, -0.1) is 13.2 Å². The van der Waals surface area contributed by atoms with Gasteiger partial charge in [-0.25, -0.2) is 4.39 Å². The summed E-state index contributed by atoms with van der Waals surface area (Å²) < 4.78 is 53.8. The Balaban J connectivity index is 1.50. The van der Waals surface area contributed by atoms with Crippen molar-refractivity contribution in [3.05, 3.63) is 77.6 Å². The van der Waals surface area contributed by atoms with E-state index in [4.69, 9.17) is 5.73 Å². The van der Waals surface area contributed by atoms with Crippen molar-refractivity contribution < 1.29 is 27.1 Å². The molecule has 1 aliphatic carbocycles. The standard InChI is InChI=1S/C22H17F4N3O2/c23-16-7-3-14(4-8-16)20(30)29-21(11-12-21)15-5-1-13(2-6-15)17-9-10-18(28-19(17)27)31-22(24,25)26/h1-10H,11-12H2,(H2,27,28)(H,29,30). The van der Waals surface area contributed by atoms with Crippen molar-refractivity contribution in [2.75, 3.05) is 5.73 Å². The molecule has 5 nitrogen and oxygen atoms in total. The van der Waals surface area contributed by atoms with Crippen molar-refractivity contribution >= 4 is 11.7 Å². The van der Waals surface area contributed by atoms with Crippen LogP contribution in [0.2, 0.25) is 0 Å². The lowest BCUT2D eigenvalue weighted by atomic mass is 9.99. The average molecular weight is 431 g/mol. The molecular formula is C22H17F4N3O2. The van der Waals surface area contributed by atoms with Gasteiger partial charge in [-0.1, -0.05) is 24.3 Å². The van der Waals surface area contributed by atoms with Crippen LogP contribution < -0.4 is 15.8 Å². The van der Waals surface area contributed by atoms with E-state index in [2.05, 4.69) is 15.0 Å². The quantitative estimate of drug-likeness (QED) is 0.570. The number of aromatic nitrogens is 1. The van der Waals surface area contributed by atoms with E-state index < -0.39 is 23.6 Å². The first kappa shape index (κ1) is 20.6. The number of carbonyl (C=O) groups is 1. The summed E-state index contributed by atoms with van der Waals surface area (Å²) >= 11 is 0. The Kier molecular flexibility index (Phi) is 5.04. The molecule has 3 aromatic rings. The summed E-state index contributed by atoms with van der Waals surface area (Å²) in [6.07, 6.45) is -3.33. The first-order chi connectivity index (χ1) is 14.7. The number of ether oxygens (including phenoxy) is 1. The Hall–Kier alpha value is -3.62. The Labute approximate surface area is 174 Å². The van der Waals surface area contributed by atoms with Crippen LogP contribution in [0, 0.1) is 5.82 Å². The van der Waals surface area contributed by atoms with Gasteiger partial charge in [0, 0.05) is 17.2 Å². The highest BCUT2D eigenvalue weighted by Gasteiger charge is 2.45. The molecule has 3 N–H and O–H groups in total. The zero-order valence-electron chi connectivity index (χ0n) is 16.0. The van der Waals surface area contributed by atoms with Crippen LogP contribution in [0.3, 0.4) is 0 Å². The van der Waals surface area contributed by atoms with E-state index in [0.29, 0.717) is 16.7 Å². The van der Waals surface area contributed by atoms with Crippen molar-refractivity contribution in [2.24, 2.45) is 0 Å². The summed E-state index contributed by atoms with van der Waals surface area (Å²) in [5, 5.41) is 3.00. The van der Waals surface area contributed by atoms with Crippen LogP contribution in [-0.4, -0.2) is 17.3 Å². The molecule has 0 unspecified atom stereocenters. The number of alkyl halides is 3. The number of anilines is 1. The summed E-state index contributed by atoms with van der Waals surface area (Å²) in [5.74, 6) is -1.44. The largest absolute Gasteiger partial charge is 0.574 e. The van der Waals surface area contributed by atoms with Crippen molar-refractivity contribution in [2.45, 2.75) is 24.7 Å². The van der Waals surface area contributed by atoms with Crippen molar-refractivity contribution in [1.29, 1.82) is 0 Å². The van der Waals surface area contributed by atoms with Crippen LogP contribution in [0.15, 0.2) is 60.7 Å². The lowest BCUT2D eigenvalue weighted by molar-refractivity contribution is -0.276. The number of carbonyl (C=O) groups excluding carboxylic acids is 1. The van der Waals surface area contributed by atoms with Gasteiger partial charge in [0.2, 0.25) is 5.88 Å². The van der Waals surface area contributed by atoms with Crippen molar-refractivity contribution in [1.82, 2.24) is 10.3 Å². The molecule has 1 aromatic heterocycles. The molecule has 9 heteroatoms. The molecule has 0 atom stereocenters. The monoisotopic (exact) mass is 431 g/mol. The first-order valence-corrected chi connectivity index (χ1v) is 9.36. The molecule has 0 saturated heterocycles. The number of halogens is 4. The van der Waals surface area contributed by atoms with Gasteiger partial charge in [-0.3, -0.25) is 4.79 Å². The SMILES string of the molecule is Nc1nc(OC(F)(F)F)ccc1-c1ccc(C2(NC(=O)c3ccc(F)cc3)CC2)cc1. The van der Waals surface area contributed by atoms with Crippen LogP contribution in [0.4, 0.5) is 23.4 Å². The van der Waals surface area contributed by atoms with E-state index in [1.54, 1.807) is 12.1 Å². The van der Waals surface area contributed by atoms with Gasteiger partial charge in [0.25, 0.3) is 5.91 Å². The van der Waals surface area contributed by atoms with Crippen LogP contribution in [0.5, 0.6) is 5.88 Å². The van der Waals surface area contributed by atoms with Gasteiger partial charge in [-0.2, -0.15) is 4.98 Å². The maximum absolute atomic E-state index is 13.1. The number of nitrogens with two attached hydrogens (primary N) is 1. The van der Waals surface area contributed by atoms with Crippen molar-refractivity contribution in [3.63, 3.8) is 0 Å². The highest BCUT2D eigenvalue weighted by molar-refractivity contribution is 5.95. The maximum Gasteiger partial charge on any atom is 0.574 e. The third-order valence-electron chi connectivity index (χ3n) is 5.08. The minimum absolute atomic E-state index is 0.0970. The average Bonchev–Trinajstić information content (AvgIpc) is 3.48. The molecule has 0 aliphatic heterocycles. The van der Waals surface area contributed by atoms with Gasteiger partial charge in [-0.05, 0) is 54.3 Å². The zero-order valence-corrected chi connectivity index (χ0v) is 16.0. The molecule has 1 fully saturated rings. The first-order valence-electron chi connectivity index (χ1n) is 9.36. The van der Waals surface area contributed by atoms with Crippen LogP contribution >= 0.6 is 0 Å². The number of nitrogens with zero attached hydrogens (tertiary/aromatic N) is 1. The second-order valence-corrected chi connectivity index (χ2v) is 7.25. The van der Waals surface area contributed by atoms with E-state index in [0.717, 1.165) is 24.5 Å². The van der Waals surface area contributed by atoms with E-state index in [-0.39, 0.29) is 11.7 Å². The smallest absolute Gasteiger partial charge is 0.388 e. The van der Waals surface area contributed by atoms with E-state index >= 15 is 0 Å². The zero-order chi connectivity index (χ0) is 22.2. The lowest BCUT2D eigenvalue weighted by Crippen LogP contribution is -2.34. The van der Waals surface area contributed by atoms with E-state index in [9.17, 15) is 22.4 Å². The normalized spacial score (nSPS) is 14.7. The number of rotatable bonds is 5. The minimum Gasteiger partial charge on any atom is -0.388 e. The molecule has 1 aliphatic rings. The number of nitrogens with one attached hydrogen (secondary N) is 1. The molecule has 4 rings (SSSR count). The topological polar surface area (TPSA) is 77.2 Å². The number of pyridine rings is 1. The Morgan fingerprint density at radius 1 is 1.00 bits per heavy atom. The van der Waals surface area contributed by atoms with Crippen molar-refractivity contribution in [3.8, 4) is 17.0 Å². The molecule has 0 radical (unpaired) electrons. The second kappa shape index (κ2) is 7.57. The summed E-state index contributed by atoms with van der Waals surface area (Å²) in [5.41, 5.74) is 7.67. The third-order valence-corrected chi connectivity index (χ3v) is 5.08. The van der Waals surface area contributed by atoms with Gasteiger partial charge in [0.15, 0.2) is 0 Å². The fourth-order valence-electron chi connectivity index (χ4n) is 3.35. The summed E-state index contributed by atoms with van der Waals surface area (Å²) in [7, 11) is 0. The number of amides is 1. The van der Waals surface area contributed by atoms with Crippen LogP contribution in [-0.2, 0) is 5.54 Å². The molecule has 0 spiro atoms. The highest BCUT2D eigenvalue weighted by Crippen LogP contribution is 2.46. The fraction of sp³-hybridized carbons (Fsp3) is 0.182. The predicted molar refractivity (Wildman–Crippen MR) is 106 cm³/mol. The van der Waals surface area contributed by atoms with Gasteiger partial charge in [0.05, 0.1) is 5.54 Å². The van der Waals surface area contributed by atoms with Gasteiger partial charge in [0.1, 0.15) is 11.6 Å². The van der Waals surface area contributed by atoms with Gasteiger partial charge >= 0.3 is 6.36 Å². The molecule has 1 amide bonds. The predicted octanol–water partition coefficient (Wildman–Crippen LogP) is 4.79. The summed E-state index contributed by atoms with van der Waals surface area (Å²) in [6.45, 7) is 0. The number of nitrogen functional groups attached to an aromatic ring is 1. The Bertz CT molecular complexity index is 1110. The number of hydrogen-bond donors (Lipinski definition) is 2. The molecule has 160 valence electrons. The van der Waals surface area contributed by atoms with E-state index in [1.165, 1.54) is 30.3 Å². The van der Waals surface area contributed by atoms with Crippen LogP contribution in [0.1, 0.15) is 28.8 Å². The third kappa shape index (κ3) is 4.60. The summed E-state index contributed by atoms with van der Waals surface area (Å²) in [4.78, 5) is 16.1. The van der Waals surface area contributed by atoms with Crippen LogP contribution in [0.25, 0.3) is 11.1 Å². The summed E-state index contributed by atoms with van der Waals surface area (Å²) in [6, 6.07) is 15.0. The second-order valence-electron chi connectivity index (χ2n) is 7.25. The molecule has 2 aromatic carbocycles. The van der Waals surface area contributed by atoms with E-state index in [1.807, 2.05) is 12.1 Å². The Morgan fingerprint density at radius 3 is 2.19 bits per heavy atom. The minimum atomic E-state index is -4.85.